The second-order valence-corrected chi connectivity index (χ2v) is 10.2. The van der Waals surface area contributed by atoms with E-state index in [4.69, 9.17) is 26.3 Å². The van der Waals surface area contributed by atoms with Crippen molar-refractivity contribution < 1.29 is 4.74 Å². The van der Waals surface area contributed by atoms with Gasteiger partial charge in [-0.2, -0.15) is 9.97 Å². The zero-order chi connectivity index (χ0) is 25.5. The van der Waals surface area contributed by atoms with Crippen molar-refractivity contribution >= 4 is 39.2 Å². The fraction of sp³-hybridized carbons (Fsp3) is 0.407. The number of anilines is 1. The number of aromatic nitrogens is 4. The number of likely N-dealkylation sites (N-methyl/N-ethyl adjacent to an activating group) is 1. The maximum Gasteiger partial charge on any atom is 0.319 e. The third-order valence-corrected chi connectivity index (χ3v) is 7.73. The van der Waals surface area contributed by atoms with E-state index in [9.17, 15) is 4.79 Å². The first-order valence-electron chi connectivity index (χ1n) is 12.8. The van der Waals surface area contributed by atoms with Gasteiger partial charge in [0.2, 0.25) is 0 Å². The van der Waals surface area contributed by atoms with Gasteiger partial charge in [-0.15, -0.1) is 0 Å². The smallest absolute Gasteiger partial charge is 0.319 e. The van der Waals surface area contributed by atoms with Crippen LogP contribution in [0.4, 0.5) is 5.82 Å². The van der Waals surface area contributed by atoms with Crippen LogP contribution in [0.3, 0.4) is 0 Å². The Bertz CT molecular complexity index is 1530. The number of ether oxygens (including phenoxy) is 1. The molecule has 192 valence electrons. The van der Waals surface area contributed by atoms with Crippen molar-refractivity contribution in [1.82, 2.24) is 29.7 Å². The Morgan fingerprint density at radius 1 is 1.05 bits per heavy atom. The van der Waals surface area contributed by atoms with Crippen molar-refractivity contribution in [2.45, 2.75) is 25.8 Å². The summed E-state index contributed by atoms with van der Waals surface area (Å²) in [6.45, 7) is 6.56. The summed E-state index contributed by atoms with van der Waals surface area (Å²) in [7, 11) is 2.11. The maximum atomic E-state index is 14.1. The second kappa shape index (κ2) is 9.89. The van der Waals surface area contributed by atoms with E-state index in [1.54, 1.807) is 4.57 Å². The normalized spacial score (nSPS) is 18.7. The molecule has 0 radical (unpaired) electrons. The summed E-state index contributed by atoms with van der Waals surface area (Å²) in [4.78, 5) is 32.8. The summed E-state index contributed by atoms with van der Waals surface area (Å²) in [6, 6.07) is 12.0. The molecule has 10 heteroatoms. The summed E-state index contributed by atoms with van der Waals surface area (Å²) in [5.74, 6) is 1.19. The van der Waals surface area contributed by atoms with Gasteiger partial charge in [-0.3, -0.25) is 9.36 Å². The average molecular weight is 520 g/mol. The van der Waals surface area contributed by atoms with Gasteiger partial charge in [-0.1, -0.05) is 35.9 Å². The first kappa shape index (κ1) is 24.1. The molecule has 0 bridgehead atoms. The quantitative estimate of drug-likeness (QED) is 0.430. The Hall–Kier alpha value is -3.27. The van der Waals surface area contributed by atoms with Gasteiger partial charge in [0.1, 0.15) is 17.9 Å². The van der Waals surface area contributed by atoms with Gasteiger partial charge < -0.3 is 19.9 Å². The molecular formula is C27H30ClN7O2. The van der Waals surface area contributed by atoms with Crippen molar-refractivity contribution in [1.29, 1.82) is 0 Å². The molecule has 1 atom stereocenters. The van der Waals surface area contributed by atoms with Crippen molar-refractivity contribution in [2.75, 3.05) is 51.3 Å². The first-order valence-corrected chi connectivity index (χ1v) is 13.2. The number of rotatable bonds is 5. The van der Waals surface area contributed by atoms with E-state index in [1.807, 2.05) is 43.3 Å². The van der Waals surface area contributed by atoms with Crippen LogP contribution in [-0.4, -0.2) is 76.8 Å². The molecule has 0 saturated carbocycles. The van der Waals surface area contributed by atoms with Gasteiger partial charge in [0, 0.05) is 37.6 Å². The third-order valence-electron chi connectivity index (χ3n) is 7.41. The first-order chi connectivity index (χ1) is 18.0. The molecule has 2 saturated heterocycles. The Balaban J connectivity index is 1.53. The van der Waals surface area contributed by atoms with E-state index in [0.717, 1.165) is 56.3 Å². The number of nitrogens with zero attached hydrogens (tertiary/aromatic N) is 6. The Morgan fingerprint density at radius 3 is 2.59 bits per heavy atom. The molecule has 2 fully saturated rings. The summed E-state index contributed by atoms with van der Waals surface area (Å²) < 4.78 is 7.71. The van der Waals surface area contributed by atoms with E-state index < -0.39 is 0 Å². The molecule has 1 N–H and O–H groups in total. The topological polar surface area (TPSA) is 88.4 Å². The molecule has 6 rings (SSSR count). The number of fused-ring (bicyclic) bond motifs is 2. The number of likely N-dealkylation sites (tertiary alicyclic amines) is 1. The number of hydrogen-bond acceptors (Lipinski definition) is 8. The molecule has 0 aliphatic carbocycles. The largest absolute Gasteiger partial charge is 0.462 e. The van der Waals surface area contributed by atoms with Crippen LogP contribution < -0.4 is 20.5 Å². The molecule has 0 unspecified atom stereocenters. The van der Waals surface area contributed by atoms with Crippen molar-refractivity contribution in [3.05, 3.63) is 57.6 Å². The van der Waals surface area contributed by atoms with Crippen LogP contribution in [0, 0.1) is 6.92 Å². The van der Waals surface area contributed by atoms with Gasteiger partial charge in [-0.05, 0) is 50.9 Å². The molecular weight excluding hydrogens is 490 g/mol. The predicted octanol–water partition coefficient (Wildman–Crippen LogP) is 3.17. The van der Waals surface area contributed by atoms with E-state index in [0.29, 0.717) is 40.5 Å². The molecule has 2 aliphatic rings. The lowest BCUT2D eigenvalue weighted by Crippen LogP contribution is -2.44. The van der Waals surface area contributed by atoms with Crippen LogP contribution in [0.25, 0.3) is 27.5 Å². The molecule has 4 aromatic rings. The zero-order valence-corrected chi connectivity index (χ0v) is 21.8. The zero-order valence-electron chi connectivity index (χ0n) is 21.1. The van der Waals surface area contributed by atoms with Gasteiger partial charge >= 0.3 is 6.01 Å². The van der Waals surface area contributed by atoms with Crippen LogP contribution in [0.5, 0.6) is 6.01 Å². The minimum atomic E-state index is -0.267. The fourth-order valence-electron chi connectivity index (χ4n) is 5.41. The van der Waals surface area contributed by atoms with Crippen LogP contribution in [-0.2, 0) is 0 Å². The Morgan fingerprint density at radius 2 is 1.84 bits per heavy atom. The van der Waals surface area contributed by atoms with Crippen molar-refractivity contribution in [3.63, 3.8) is 0 Å². The van der Waals surface area contributed by atoms with Crippen LogP contribution in [0.2, 0.25) is 5.02 Å². The number of piperazine rings is 1. The van der Waals surface area contributed by atoms with E-state index >= 15 is 0 Å². The van der Waals surface area contributed by atoms with Gasteiger partial charge in [0.15, 0.2) is 11.3 Å². The summed E-state index contributed by atoms with van der Waals surface area (Å²) in [5.41, 5.74) is 1.15. The van der Waals surface area contributed by atoms with Crippen molar-refractivity contribution in [3.8, 4) is 11.7 Å². The van der Waals surface area contributed by atoms with Crippen LogP contribution in [0.15, 0.2) is 41.2 Å². The lowest BCUT2D eigenvalue weighted by atomic mass is 10.1. The Kier molecular flexibility index (Phi) is 6.44. The SMILES string of the molecule is Cc1nc2c(N3CCNCC3)nc(OC[C@@H]3CCCN3C)nc2c(=O)n1-c1cccc2cccc(Cl)c12. The van der Waals surface area contributed by atoms with E-state index in [2.05, 4.69) is 27.1 Å². The summed E-state index contributed by atoms with van der Waals surface area (Å²) in [5, 5.41) is 5.70. The van der Waals surface area contributed by atoms with Crippen LogP contribution >= 0.6 is 11.6 Å². The minimum absolute atomic E-state index is 0.214. The molecule has 2 aromatic carbocycles. The van der Waals surface area contributed by atoms with E-state index in [1.165, 1.54) is 0 Å². The second-order valence-electron chi connectivity index (χ2n) is 9.77. The molecule has 0 amide bonds. The Labute approximate surface area is 220 Å². The highest BCUT2D eigenvalue weighted by atomic mass is 35.5. The molecule has 4 heterocycles. The molecule has 2 aliphatic heterocycles. The lowest BCUT2D eigenvalue weighted by molar-refractivity contribution is 0.188. The predicted molar refractivity (Wildman–Crippen MR) is 146 cm³/mol. The minimum Gasteiger partial charge on any atom is -0.462 e. The molecule has 37 heavy (non-hydrogen) atoms. The van der Waals surface area contributed by atoms with Gasteiger partial charge in [-0.25, -0.2) is 4.98 Å². The molecule has 0 spiro atoms. The fourth-order valence-corrected chi connectivity index (χ4v) is 5.69. The highest BCUT2D eigenvalue weighted by molar-refractivity contribution is 6.36. The van der Waals surface area contributed by atoms with Gasteiger partial charge in [0.05, 0.1) is 10.7 Å². The molecule has 9 nitrogen and oxygen atoms in total. The number of halogens is 1. The summed E-state index contributed by atoms with van der Waals surface area (Å²) >= 11 is 6.60. The number of nitrogens with one attached hydrogen (secondary N) is 1. The highest BCUT2D eigenvalue weighted by Crippen LogP contribution is 2.31. The number of hydrogen-bond donors (Lipinski definition) is 1. The van der Waals surface area contributed by atoms with Crippen molar-refractivity contribution in [2.24, 2.45) is 0 Å². The highest BCUT2D eigenvalue weighted by Gasteiger charge is 2.25. The molecule has 2 aromatic heterocycles. The standard InChI is InChI=1S/C27H30ClN7O2/c1-17-30-23-24(26(36)35(17)21-10-4-7-18-6-3-9-20(28)22(18)21)31-27(37-16-19-8-5-13-33(19)2)32-25(23)34-14-11-29-12-15-34/h3-4,6-7,9-10,19,29H,5,8,11-16H2,1-2H3/t19-/m0/s1. The monoisotopic (exact) mass is 519 g/mol. The van der Waals surface area contributed by atoms with Crippen LogP contribution in [0.1, 0.15) is 18.7 Å². The average Bonchev–Trinajstić information content (AvgIpc) is 3.32. The number of aryl methyl sites for hydroxylation is 1. The van der Waals surface area contributed by atoms with E-state index in [-0.39, 0.29) is 17.1 Å². The maximum absolute atomic E-state index is 14.1. The number of benzene rings is 2. The third kappa shape index (κ3) is 4.41. The summed E-state index contributed by atoms with van der Waals surface area (Å²) in [6.07, 6.45) is 2.22. The van der Waals surface area contributed by atoms with Gasteiger partial charge in [0.25, 0.3) is 5.56 Å². The lowest BCUT2D eigenvalue weighted by Gasteiger charge is -2.29.